The summed E-state index contributed by atoms with van der Waals surface area (Å²) < 4.78 is 5.41. The van der Waals surface area contributed by atoms with Gasteiger partial charge in [0, 0.05) is 28.7 Å². The third-order valence-corrected chi connectivity index (χ3v) is 5.07. The van der Waals surface area contributed by atoms with E-state index in [-0.39, 0.29) is 5.78 Å². The van der Waals surface area contributed by atoms with Gasteiger partial charge in [-0.05, 0) is 42.8 Å². The monoisotopic (exact) mass is 366 g/mol. The number of ketones is 1. The van der Waals surface area contributed by atoms with Crippen LogP contribution in [0.1, 0.15) is 35.0 Å². The predicted molar refractivity (Wildman–Crippen MR) is 107 cm³/mol. The zero-order valence-electron chi connectivity index (χ0n) is 15.0. The second kappa shape index (κ2) is 8.63. The van der Waals surface area contributed by atoms with Gasteiger partial charge in [-0.25, -0.2) is 4.98 Å². The van der Waals surface area contributed by atoms with E-state index >= 15 is 0 Å². The minimum atomic E-state index is 0.197. The topological polar surface area (TPSA) is 51.2 Å². The maximum absolute atomic E-state index is 11.9. The summed E-state index contributed by atoms with van der Waals surface area (Å²) in [5.41, 5.74) is 2.77. The smallest absolute Gasteiger partial charge is 0.162 e. The number of hydrogen-bond acceptors (Lipinski definition) is 5. The molecule has 2 aromatic carbocycles. The summed E-state index contributed by atoms with van der Waals surface area (Å²) in [4.78, 5) is 17.5. The molecular formula is C21H22N2O2S. The number of carbonyl (C=O) groups is 1. The van der Waals surface area contributed by atoms with E-state index in [9.17, 15) is 4.79 Å². The van der Waals surface area contributed by atoms with Gasteiger partial charge in [-0.2, -0.15) is 0 Å². The number of nitrogens with one attached hydrogen (secondary N) is 1. The third-order valence-electron chi connectivity index (χ3n) is 4.04. The van der Waals surface area contributed by atoms with Gasteiger partial charge in [-0.15, -0.1) is 11.3 Å². The standard InChI is InChI=1S/C21H22N2O2S/c1-3-6-19(24)15-9-11-16(12-10-15)22-13-17-14-23-21(26-17)18-7-4-5-8-20(18)25-2/h4-5,7-12,14,22H,3,6,13H2,1-2H3. The van der Waals surface area contributed by atoms with Gasteiger partial charge in [0.25, 0.3) is 0 Å². The molecule has 5 heteroatoms. The summed E-state index contributed by atoms with van der Waals surface area (Å²) in [6, 6.07) is 15.6. The Morgan fingerprint density at radius 1 is 1.15 bits per heavy atom. The normalized spacial score (nSPS) is 10.5. The lowest BCUT2D eigenvalue weighted by Gasteiger charge is -2.06. The van der Waals surface area contributed by atoms with E-state index in [0.29, 0.717) is 13.0 Å². The Balaban J connectivity index is 1.64. The Morgan fingerprint density at radius 3 is 2.65 bits per heavy atom. The van der Waals surface area contributed by atoms with Crippen LogP contribution in [0, 0.1) is 0 Å². The first kappa shape index (κ1) is 18.1. The zero-order chi connectivity index (χ0) is 18.4. The first-order valence-electron chi connectivity index (χ1n) is 8.66. The number of para-hydroxylation sites is 1. The van der Waals surface area contributed by atoms with E-state index in [4.69, 9.17) is 4.74 Å². The molecule has 4 nitrogen and oxygen atoms in total. The first-order valence-corrected chi connectivity index (χ1v) is 9.48. The van der Waals surface area contributed by atoms with E-state index in [1.54, 1.807) is 18.4 Å². The van der Waals surface area contributed by atoms with Gasteiger partial charge in [-0.1, -0.05) is 19.1 Å². The Labute approximate surface area is 157 Å². The highest BCUT2D eigenvalue weighted by Crippen LogP contribution is 2.32. The number of benzene rings is 2. The number of methoxy groups -OCH3 is 1. The number of ether oxygens (including phenoxy) is 1. The van der Waals surface area contributed by atoms with Gasteiger partial charge in [0.15, 0.2) is 5.78 Å². The van der Waals surface area contributed by atoms with Crippen molar-refractivity contribution in [2.75, 3.05) is 12.4 Å². The molecule has 0 fully saturated rings. The maximum atomic E-state index is 11.9. The summed E-state index contributed by atoms with van der Waals surface area (Å²) in [5.74, 6) is 1.02. The number of rotatable bonds is 8. The van der Waals surface area contributed by atoms with Crippen molar-refractivity contribution in [3.63, 3.8) is 0 Å². The largest absolute Gasteiger partial charge is 0.496 e. The summed E-state index contributed by atoms with van der Waals surface area (Å²) in [6.07, 6.45) is 3.36. The van der Waals surface area contributed by atoms with Gasteiger partial charge in [-0.3, -0.25) is 4.79 Å². The summed E-state index contributed by atoms with van der Waals surface area (Å²) in [6.45, 7) is 2.71. The fourth-order valence-electron chi connectivity index (χ4n) is 2.67. The Hall–Kier alpha value is -2.66. The molecular weight excluding hydrogens is 344 g/mol. The molecule has 0 atom stereocenters. The van der Waals surface area contributed by atoms with Crippen LogP contribution in [0.15, 0.2) is 54.7 Å². The van der Waals surface area contributed by atoms with E-state index in [1.807, 2.05) is 61.7 Å². The Kier molecular flexibility index (Phi) is 6.02. The van der Waals surface area contributed by atoms with E-state index in [2.05, 4.69) is 10.3 Å². The maximum Gasteiger partial charge on any atom is 0.162 e. The molecule has 1 aromatic heterocycles. The lowest BCUT2D eigenvalue weighted by molar-refractivity contribution is 0.0982. The molecule has 0 amide bonds. The van der Waals surface area contributed by atoms with Gasteiger partial charge in [0.05, 0.1) is 19.2 Å². The van der Waals surface area contributed by atoms with Crippen molar-refractivity contribution in [3.05, 3.63) is 65.2 Å². The highest BCUT2D eigenvalue weighted by molar-refractivity contribution is 7.15. The molecule has 0 saturated heterocycles. The summed E-state index contributed by atoms with van der Waals surface area (Å²) >= 11 is 1.64. The average molecular weight is 366 g/mol. The molecule has 26 heavy (non-hydrogen) atoms. The second-order valence-corrected chi connectivity index (χ2v) is 7.05. The molecule has 0 saturated carbocycles. The highest BCUT2D eigenvalue weighted by atomic mass is 32.1. The number of aromatic nitrogens is 1. The second-order valence-electron chi connectivity index (χ2n) is 5.94. The molecule has 1 heterocycles. The molecule has 0 radical (unpaired) electrons. The average Bonchev–Trinajstić information content (AvgIpc) is 3.16. The summed E-state index contributed by atoms with van der Waals surface area (Å²) in [5, 5.41) is 4.32. The van der Waals surface area contributed by atoms with Crippen LogP contribution >= 0.6 is 11.3 Å². The fraction of sp³-hybridized carbons (Fsp3) is 0.238. The van der Waals surface area contributed by atoms with Crippen LogP contribution in [0.4, 0.5) is 5.69 Å². The van der Waals surface area contributed by atoms with Crippen molar-refractivity contribution in [1.82, 2.24) is 4.98 Å². The third kappa shape index (κ3) is 4.29. The Bertz CT molecular complexity index is 872. The number of hydrogen-bond donors (Lipinski definition) is 1. The van der Waals surface area contributed by atoms with Crippen molar-refractivity contribution < 1.29 is 9.53 Å². The minimum Gasteiger partial charge on any atom is -0.496 e. The number of thiazole rings is 1. The molecule has 0 aliphatic carbocycles. The number of nitrogens with zero attached hydrogens (tertiary/aromatic N) is 1. The minimum absolute atomic E-state index is 0.197. The molecule has 3 aromatic rings. The van der Waals surface area contributed by atoms with Crippen molar-refractivity contribution in [2.45, 2.75) is 26.3 Å². The molecule has 1 N–H and O–H groups in total. The van der Waals surface area contributed by atoms with Crippen LogP contribution in [0.5, 0.6) is 5.75 Å². The van der Waals surface area contributed by atoms with Gasteiger partial charge < -0.3 is 10.1 Å². The molecule has 0 spiro atoms. The Morgan fingerprint density at radius 2 is 1.92 bits per heavy atom. The zero-order valence-corrected chi connectivity index (χ0v) is 15.8. The van der Waals surface area contributed by atoms with Gasteiger partial charge >= 0.3 is 0 Å². The number of Topliss-reactive ketones (excluding diaryl/α,β-unsaturated/α-hetero) is 1. The molecule has 0 aliphatic rings. The van der Waals surface area contributed by atoms with Gasteiger partial charge in [0.2, 0.25) is 0 Å². The number of anilines is 1. The molecule has 3 rings (SSSR count). The molecule has 134 valence electrons. The van der Waals surface area contributed by atoms with Crippen molar-refractivity contribution in [2.24, 2.45) is 0 Å². The van der Waals surface area contributed by atoms with Crippen LogP contribution in [-0.4, -0.2) is 17.9 Å². The van der Waals surface area contributed by atoms with Crippen molar-refractivity contribution in [1.29, 1.82) is 0 Å². The van der Waals surface area contributed by atoms with Crippen molar-refractivity contribution >= 4 is 22.8 Å². The SMILES string of the molecule is CCCC(=O)c1ccc(NCc2cnc(-c3ccccc3OC)s2)cc1. The number of carbonyl (C=O) groups excluding carboxylic acids is 1. The quantitative estimate of drug-likeness (QED) is 0.541. The fourth-order valence-corrected chi connectivity index (χ4v) is 3.55. The molecule has 0 unspecified atom stereocenters. The lowest BCUT2D eigenvalue weighted by atomic mass is 10.1. The highest BCUT2D eigenvalue weighted by Gasteiger charge is 2.10. The van der Waals surface area contributed by atoms with Crippen LogP contribution in [0.25, 0.3) is 10.6 Å². The van der Waals surface area contributed by atoms with E-state index < -0.39 is 0 Å². The van der Waals surface area contributed by atoms with Gasteiger partial charge in [0.1, 0.15) is 10.8 Å². The van der Waals surface area contributed by atoms with Crippen LogP contribution in [0.3, 0.4) is 0 Å². The molecule has 0 aliphatic heterocycles. The first-order chi connectivity index (χ1) is 12.7. The molecule has 0 bridgehead atoms. The van der Waals surface area contributed by atoms with E-state index in [1.165, 1.54) is 0 Å². The van der Waals surface area contributed by atoms with Crippen molar-refractivity contribution in [3.8, 4) is 16.3 Å². The van der Waals surface area contributed by atoms with E-state index in [0.717, 1.165) is 38.9 Å². The summed E-state index contributed by atoms with van der Waals surface area (Å²) in [7, 11) is 1.67. The van der Waals surface area contributed by atoms with Crippen LogP contribution in [0.2, 0.25) is 0 Å². The van der Waals surface area contributed by atoms with Crippen LogP contribution in [-0.2, 0) is 6.54 Å². The lowest BCUT2D eigenvalue weighted by Crippen LogP contribution is -2.00. The predicted octanol–water partition coefficient (Wildman–Crippen LogP) is 5.41. The van der Waals surface area contributed by atoms with Crippen LogP contribution < -0.4 is 10.1 Å².